The van der Waals surface area contributed by atoms with E-state index in [9.17, 15) is 19.0 Å². The molecule has 0 aromatic heterocycles. The summed E-state index contributed by atoms with van der Waals surface area (Å²) in [6.45, 7) is 4.31. The zero-order valence-corrected chi connectivity index (χ0v) is 29.1. The molecule has 0 heterocycles. The largest absolute Gasteiger partial charge is 0.472 e. The molecule has 10 heteroatoms. The second-order valence-corrected chi connectivity index (χ2v) is 14.0. The van der Waals surface area contributed by atoms with Gasteiger partial charge in [0.1, 0.15) is 19.8 Å². The Labute approximate surface area is 263 Å². The number of nitrogens with zero attached hydrogens (tertiary/aromatic N) is 1. The van der Waals surface area contributed by atoms with E-state index < -0.39 is 26.5 Å². The van der Waals surface area contributed by atoms with Gasteiger partial charge in [-0.15, -0.1) is 0 Å². The molecule has 43 heavy (non-hydrogen) atoms. The quantitative estimate of drug-likeness (QED) is 0.0276. The van der Waals surface area contributed by atoms with E-state index >= 15 is 0 Å². The van der Waals surface area contributed by atoms with Gasteiger partial charge in [-0.3, -0.25) is 18.6 Å². The first-order valence-corrected chi connectivity index (χ1v) is 18.4. The maximum atomic E-state index is 12.5. The van der Waals surface area contributed by atoms with Gasteiger partial charge in [-0.2, -0.15) is 0 Å². The van der Waals surface area contributed by atoms with E-state index in [1.54, 1.807) is 0 Å². The lowest BCUT2D eigenvalue weighted by molar-refractivity contribution is -0.870. The molecule has 0 aromatic carbocycles. The van der Waals surface area contributed by atoms with Crippen molar-refractivity contribution in [2.24, 2.45) is 0 Å². The topological polar surface area (TPSA) is 108 Å². The average molecular weight is 635 g/mol. The van der Waals surface area contributed by atoms with Crippen molar-refractivity contribution >= 4 is 19.8 Å². The second kappa shape index (κ2) is 27.1. The van der Waals surface area contributed by atoms with Crippen LogP contribution in [0.5, 0.6) is 0 Å². The summed E-state index contributed by atoms with van der Waals surface area (Å²) in [6.07, 6.45) is 22.7. The second-order valence-electron chi connectivity index (χ2n) is 12.6. The van der Waals surface area contributed by atoms with Gasteiger partial charge in [0.05, 0.1) is 27.7 Å². The molecule has 0 radical (unpaired) electrons. The summed E-state index contributed by atoms with van der Waals surface area (Å²) in [4.78, 5) is 34.9. The SMILES string of the molecule is CCCC/C=C/CCCCCCCC(=O)O[C@H](COC(=O)CCCCCCCCCC)COP(=O)(O)OCC[N+](C)(C)C. The first-order valence-electron chi connectivity index (χ1n) is 16.9. The predicted molar refractivity (Wildman–Crippen MR) is 174 cm³/mol. The Morgan fingerprint density at radius 1 is 0.698 bits per heavy atom. The fourth-order valence-corrected chi connectivity index (χ4v) is 5.03. The molecule has 1 unspecified atom stereocenters. The minimum Gasteiger partial charge on any atom is -0.462 e. The summed E-state index contributed by atoms with van der Waals surface area (Å²) in [5.74, 6) is -0.816. The predicted octanol–water partition coefficient (Wildman–Crippen LogP) is 8.29. The van der Waals surface area contributed by atoms with Crippen molar-refractivity contribution in [3.05, 3.63) is 12.2 Å². The van der Waals surface area contributed by atoms with Crippen LogP contribution in [0.4, 0.5) is 0 Å². The van der Waals surface area contributed by atoms with E-state index in [1.165, 1.54) is 44.9 Å². The van der Waals surface area contributed by atoms with Gasteiger partial charge in [0.2, 0.25) is 0 Å². The van der Waals surface area contributed by atoms with Crippen molar-refractivity contribution in [3.63, 3.8) is 0 Å². The van der Waals surface area contributed by atoms with Gasteiger partial charge < -0.3 is 18.9 Å². The maximum absolute atomic E-state index is 12.5. The molecule has 0 saturated carbocycles. The number of hydrogen-bond donors (Lipinski definition) is 1. The Hall–Kier alpha value is -1.25. The molecule has 2 atom stereocenters. The third kappa shape index (κ3) is 30.6. The minimum absolute atomic E-state index is 0.0322. The number of likely N-dealkylation sites (N-methyl/N-ethyl adjacent to an activating group) is 1. The van der Waals surface area contributed by atoms with Gasteiger partial charge in [0.25, 0.3) is 0 Å². The molecule has 0 bridgehead atoms. The average Bonchev–Trinajstić information content (AvgIpc) is 2.93. The molecule has 0 amide bonds. The normalized spacial score (nSPS) is 14.1. The highest BCUT2D eigenvalue weighted by molar-refractivity contribution is 7.47. The molecule has 254 valence electrons. The van der Waals surface area contributed by atoms with E-state index in [4.69, 9.17) is 18.5 Å². The molecule has 0 spiro atoms. The van der Waals surface area contributed by atoms with Crippen LogP contribution in [0, 0.1) is 0 Å². The van der Waals surface area contributed by atoms with Gasteiger partial charge in [0, 0.05) is 12.8 Å². The Morgan fingerprint density at radius 3 is 1.79 bits per heavy atom. The van der Waals surface area contributed by atoms with Crippen molar-refractivity contribution in [1.29, 1.82) is 0 Å². The number of phosphoric acid groups is 1. The molecule has 0 aliphatic rings. The smallest absolute Gasteiger partial charge is 0.462 e. The number of rotatable bonds is 30. The van der Waals surface area contributed by atoms with E-state index in [0.29, 0.717) is 17.4 Å². The van der Waals surface area contributed by atoms with Gasteiger partial charge in [-0.1, -0.05) is 103 Å². The molecule has 0 rings (SSSR count). The Balaban J connectivity index is 4.52. The summed E-state index contributed by atoms with van der Waals surface area (Å²) in [5, 5.41) is 0. The van der Waals surface area contributed by atoms with Gasteiger partial charge in [-0.25, -0.2) is 4.57 Å². The standard InChI is InChI=1S/C33H64NO8P/c1-6-8-10-12-14-16-17-18-20-22-24-26-33(36)42-31(30-41-43(37,38)40-28-27-34(3,4)5)29-39-32(35)25-23-21-19-15-13-11-9-7-2/h12,14,31H,6-11,13,15-30H2,1-5H3/p+1/b14-12+/t31-/m1/s1. The summed E-state index contributed by atoms with van der Waals surface area (Å²) in [5.41, 5.74) is 0. The molecule has 0 aromatic rings. The van der Waals surface area contributed by atoms with Gasteiger partial charge in [0.15, 0.2) is 6.10 Å². The Bertz CT molecular complexity index is 768. The summed E-state index contributed by atoms with van der Waals surface area (Å²) < 4.78 is 33.9. The maximum Gasteiger partial charge on any atom is 0.472 e. The molecule has 0 fully saturated rings. The highest BCUT2D eigenvalue weighted by Gasteiger charge is 2.27. The van der Waals surface area contributed by atoms with Crippen LogP contribution in [0.1, 0.15) is 136 Å². The number of hydrogen-bond acceptors (Lipinski definition) is 7. The lowest BCUT2D eigenvalue weighted by Crippen LogP contribution is -2.37. The zero-order valence-electron chi connectivity index (χ0n) is 28.2. The van der Waals surface area contributed by atoms with Crippen molar-refractivity contribution in [2.75, 3.05) is 47.5 Å². The third-order valence-electron chi connectivity index (χ3n) is 7.05. The number of carbonyl (C=O) groups excluding carboxylic acids is 2. The highest BCUT2D eigenvalue weighted by atomic mass is 31.2. The molecular formula is C33H65NO8P+. The van der Waals surface area contributed by atoms with Crippen molar-refractivity contribution < 1.29 is 42.1 Å². The summed E-state index contributed by atoms with van der Waals surface area (Å²) in [6, 6.07) is 0. The lowest BCUT2D eigenvalue weighted by Gasteiger charge is -2.24. The molecular weight excluding hydrogens is 569 g/mol. The zero-order chi connectivity index (χ0) is 32.2. The number of unbranched alkanes of at least 4 members (excludes halogenated alkanes) is 14. The Kier molecular flexibility index (Phi) is 26.3. The first-order chi connectivity index (χ1) is 20.5. The third-order valence-corrected chi connectivity index (χ3v) is 8.03. The number of phosphoric ester groups is 1. The summed E-state index contributed by atoms with van der Waals surface area (Å²) >= 11 is 0. The highest BCUT2D eigenvalue weighted by Crippen LogP contribution is 2.43. The molecule has 0 aliphatic carbocycles. The van der Waals surface area contributed by atoms with E-state index in [2.05, 4.69) is 26.0 Å². The molecule has 9 nitrogen and oxygen atoms in total. The van der Waals surface area contributed by atoms with Crippen LogP contribution < -0.4 is 0 Å². The number of allylic oxidation sites excluding steroid dienone is 2. The number of esters is 2. The van der Waals surface area contributed by atoms with Gasteiger partial charge >= 0.3 is 19.8 Å². The fourth-order valence-electron chi connectivity index (χ4n) is 4.29. The lowest BCUT2D eigenvalue weighted by atomic mass is 10.1. The number of ether oxygens (including phenoxy) is 2. The van der Waals surface area contributed by atoms with Gasteiger partial charge in [-0.05, 0) is 32.1 Å². The van der Waals surface area contributed by atoms with E-state index in [-0.39, 0.29) is 32.0 Å². The van der Waals surface area contributed by atoms with Crippen LogP contribution >= 0.6 is 7.82 Å². The van der Waals surface area contributed by atoms with Crippen LogP contribution in [0.3, 0.4) is 0 Å². The molecule has 1 N–H and O–H groups in total. The number of carbonyl (C=O) groups is 2. The molecule has 0 aliphatic heterocycles. The Morgan fingerprint density at radius 2 is 1.21 bits per heavy atom. The minimum atomic E-state index is -4.35. The van der Waals surface area contributed by atoms with Crippen molar-refractivity contribution in [3.8, 4) is 0 Å². The van der Waals surface area contributed by atoms with E-state index in [1.807, 2.05) is 21.1 Å². The van der Waals surface area contributed by atoms with Crippen LogP contribution in [-0.2, 0) is 32.7 Å². The van der Waals surface area contributed by atoms with Crippen molar-refractivity contribution in [2.45, 2.75) is 142 Å². The van der Waals surface area contributed by atoms with E-state index in [0.717, 1.165) is 57.8 Å². The van der Waals surface area contributed by atoms with Crippen LogP contribution in [-0.4, -0.2) is 74.9 Å². The van der Waals surface area contributed by atoms with Crippen molar-refractivity contribution in [1.82, 2.24) is 0 Å². The first kappa shape index (κ1) is 41.8. The van der Waals surface area contributed by atoms with Crippen LogP contribution in [0.25, 0.3) is 0 Å². The van der Waals surface area contributed by atoms with Crippen LogP contribution in [0.2, 0.25) is 0 Å². The number of quaternary nitrogens is 1. The monoisotopic (exact) mass is 634 g/mol. The molecule has 0 saturated heterocycles. The fraction of sp³-hybridized carbons (Fsp3) is 0.879. The summed E-state index contributed by atoms with van der Waals surface area (Å²) in [7, 11) is 1.47. The van der Waals surface area contributed by atoms with Crippen LogP contribution in [0.15, 0.2) is 12.2 Å².